The number of carbonyl (C=O) groups excluding carboxylic acids is 2. The van der Waals surface area contributed by atoms with Crippen molar-refractivity contribution in [2.24, 2.45) is 5.84 Å². The molecule has 2 amide bonds. The van der Waals surface area contributed by atoms with Crippen LogP contribution in [0.2, 0.25) is 0 Å². The van der Waals surface area contributed by atoms with Crippen molar-refractivity contribution < 1.29 is 9.59 Å². The predicted octanol–water partition coefficient (Wildman–Crippen LogP) is 3.00. The number of hydrazine groups is 1. The van der Waals surface area contributed by atoms with E-state index in [9.17, 15) is 9.59 Å². The summed E-state index contributed by atoms with van der Waals surface area (Å²) in [6.45, 7) is 0. The standard InChI is InChI=1S/C10H8.C6H6.C2H4N2O2/c1-2-6-10-8-4-3-7-9(10)5-1;1-2-4-6-5-3-1;3-4(1-5)2-6/h1-8H;1-6H;1-2H,3H2. The smallest absolute Gasteiger partial charge is 0.230 e. The fourth-order valence-corrected chi connectivity index (χ4v) is 1.54. The number of rotatable bonds is 2. The molecular weight excluding hydrogens is 276 g/mol. The quantitative estimate of drug-likeness (QED) is 0.342. The largest absolute Gasteiger partial charge is 0.277 e. The first-order valence-corrected chi connectivity index (χ1v) is 6.65. The van der Waals surface area contributed by atoms with E-state index < -0.39 is 0 Å². The van der Waals surface area contributed by atoms with E-state index in [1.165, 1.54) is 10.8 Å². The molecule has 0 heterocycles. The molecule has 3 aromatic rings. The van der Waals surface area contributed by atoms with Crippen LogP contribution in [-0.2, 0) is 9.59 Å². The Bertz CT molecular complexity index is 572. The minimum atomic E-state index is 0.215. The summed E-state index contributed by atoms with van der Waals surface area (Å²) in [5, 5.41) is 3.01. The number of hydrogen-bond donors (Lipinski definition) is 1. The second-order valence-electron chi connectivity index (χ2n) is 4.16. The number of hydrogen-bond acceptors (Lipinski definition) is 3. The molecule has 0 unspecified atom stereocenters. The minimum absolute atomic E-state index is 0.215. The van der Waals surface area contributed by atoms with Gasteiger partial charge in [-0.25, -0.2) is 10.9 Å². The van der Waals surface area contributed by atoms with E-state index in [1.54, 1.807) is 0 Å². The molecule has 0 atom stereocenters. The second-order valence-corrected chi connectivity index (χ2v) is 4.16. The highest BCUT2D eigenvalue weighted by molar-refractivity contribution is 5.82. The Morgan fingerprint density at radius 2 is 0.864 bits per heavy atom. The lowest BCUT2D eigenvalue weighted by Gasteiger charge is -1.92. The van der Waals surface area contributed by atoms with Gasteiger partial charge in [-0.3, -0.25) is 9.59 Å². The Balaban J connectivity index is 0.000000176. The maximum absolute atomic E-state index is 9.31. The van der Waals surface area contributed by atoms with Crippen LogP contribution in [0, 0.1) is 0 Å². The molecule has 0 spiro atoms. The summed E-state index contributed by atoms with van der Waals surface area (Å²) in [5.41, 5.74) is 0. The minimum Gasteiger partial charge on any atom is -0.277 e. The van der Waals surface area contributed by atoms with Gasteiger partial charge in [0.25, 0.3) is 0 Å². The second kappa shape index (κ2) is 10.8. The molecule has 4 heteroatoms. The third-order valence-corrected chi connectivity index (χ3v) is 2.57. The van der Waals surface area contributed by atoms with Crippen LogP contribution in [0.25, 0.3) is 10.8 Å². The average molecular weight is 294 g/mol. The van der Waals surface area contributed by atoms with Gasteiger partial charge in [0.05, 0.1) is 0 Å². The van der Waals surface area contributed by atoms with Crippen molar-refractivity contribution in [3.05, 3.63) is 84.9 Å². The van der Waals surface area contributed by atoms with Gasteiger partial charge in [0.2, 0.25) is 12.8 Å². The molecular formula is C18H18N2O2. The zero-order valence-electron chi connectivity index (χ0n) is 12.1. The van der Waals surface area contributed by atoms with Crippen LogP contribution < -0.4 is 5.84 Å². The summed E-state index contributed by atoms with van der Waals surface area (Å²) in [4.78, 5) is 18.6. The molecule has 0 radical (unpaired) electrons. The molecule has 0 aliphatic rings. The van der Waals surface area contributed by atoms with Crippen molar-refractivity contribution in [2.75, 3.05) is 0 Å². The van der Waals surface area contributed by atoms with Crippen molar-refractivity contribution in [2.45, 2.75) is 0 Å². The molecule has 0 aromatic heterocycles. The molecule has 0 aliphatic heterocycles. The molecule has 3 aromatic carbocycles. The van der Waals surface area contributed by atoms with E-state index in [0.717, 1.165) is 0 Å². The zero-order valence-corrected chi connectivity index (χ0v) is 12.1. The Morgan fingerprint density at radius 1 is 0.591 bits per heavy atom. The molecule has 112 valence electrons. The maximum atomic E-state index is 9.31. The fraction of sp³-hybridized carbons (Fsp3) is 0. The van der Waals surface area contributed by atoms with Gasteiger partial charge in [-0.1, -0.05) is 84.9 Å². The molecule has 3 rings (SSSR count). The normalized spacial score (nSPS) is 8.59. The van der Waals surface area contributed by atoms with Gasteiger partial charge in [-0.05, 0) is 10.8 Å². The number of fused-ring (bicyclic) bond motifs is 1. The van der Waals surface area contributed by atoms with Gasteiger partial charge in [-0.2, -0.15) is 0 Å². The molecule has 0 saturated heterocycles. The van der Waals surface area contributed by atoms with Crippen molar-refractivity contribution in [1.82, 2.24) is 5.01 Å². The van der Waals surface area contributed by atoms with Crippen molar-refractivity contribution in [1.29, 1.82) is 0 Å². The topological polar surface area (TPSA) is 63.4 Å². The summed E-state index contributed by atoms with van der Waals surface area (Å²) in [6.07, 6.45) is 0.431. The highest BCUT2D eigenvalue weighted by atomic mass is 16.2. The van der Waals surface area contributed by atoms with E-state index in [4.69, 9.17) is 0 Å². The van der Waals surface area contributed by atoms with Gasteiger partial charge >= 0.3 is 0 Å². The summed E-state index contributed by atoms with van der Waals surface area (Å²) in [7, 11) is 0. The molecule has 2 N–H and O–H groups in total. The molecule has 0 bridgehead atoms. The maximum Gasteiger partial charge on any atom is 0.230 e. The van der Waals surface area contributed by atoms with Crippen LogP contribution in [-0.4, -0.2) is 17.8 Å². The first-order valence-electron chi connectivity index (χ1n) is 6.65. The Hall–Kier alpha value is -2.98. The summed E-state index contributed by atoms with van der Waals surface area (Å²) in [6, 6.07) is 28.7. The van der Waals surface area contributed by atoms with Crippen molar-refractivity contribution >= 4 is 23.6 Å². The van der Waals surface area contributed by atoms with Gasteiger partial charge in [0.15, 0.2) is 0 Å². The van der Waals surface area contributed by atoms with E-state index >= 15 is 0 Å². The van der Waals surface area contributed by atoms with Crippen LogP contribution in [0.5, 0.6) is 0 Å². The third-order valence-electron chi connectivity index (χ3n) is 2.57. The van der Waals surface area contributed by atoms with Crippen LogP contribution in [0.3, 0.4) is 0 Å². The van der Waals surface area contributed by atoms with E-state index in [0.29, 0.717) is 5.01 Å². The summed E-state index contributed by atoms with van der Waals surface area (Å²) < 4.78 is 0. The van der Waals surface area contributed by atoms with Gasteiger partial charge < -0.3 is 0 Å². The van der Waals surface area contributed by atoms with E-state index in [2.05, 4.69) is 54.4 Å². The van der Waals surface area contributed by atoms with Crippen LogP contribution in [0.15, 0.2) is 84.9 Å². The first-order chi connectivity index (χ1) is 10.8. The van der Waals surface area contributed by atoms with Gasteiger partial charge in [0, 0.05) is 0 Å². The fourth-order valence-electron chi connectivity index (χ4n) is 1.54. The highest BCUT2D eigenvalue weighted by Crippen LogP contribution is 2.11. The highest BCUT2D eigenvalue weighted by Gasteiger charge is 1.85. The molecule has 22 heavy (non-hydrogen) atoms. The van der Waals surface area contributed by atoms with Gasteiger partial charge in [-0.15, -0.1) is 0 Å². The van der Waals surface area contributed by atoms with Crippen molar-refractivity contribution in [3.8, 4) is 0 Å². The van der Waals surface area contributed by atoms with Gasteiger partial charge in [0.1, 0.15) is 0 Å². The number of amides is 2. The monoisotopic (exact) mass is 294 g/mol. The summed E-state index contributed by atoms with van der Waals surface area (Å²) >= 11 is 0. The van der Waals surface area contributed by atoms with Crippen LogP contribution in [0.1, 0.15) is 0 Å². The first kappa shape index (κ1) is 17.1. The Labute approximate surface area is 129 Å². The molecule has 0 fully saturated rings. The number of benzene rings is 3. The van der Waals surface area contributed by atoms with Crippen LogP contribution >= 0.6 is 0 Å². The predicted molar refractivity (Wildman–Crippen MR) is 88.5 cm³/mol. The Kier molecular flexibility index (Phi) is 8.35. The molecule has 4 nitrogen and oxygen atoms in total. The number of nitrogens with zero attached hydrogens (tertiary/aromatic N) is 1. The molecule has 0 saturated carbocycles. The lowest BCUT2D eigenvalue weighted by Crippen LogP contribution is -2.26. The van der Waals surface area contributed by atoms with Crippen molar-refractivity contribution in [3.63, 3.8) is 0 Å². The zero-order chi connectivity index (χ0) is 16.0. The van der Waals surface area contributed by atoms with Crippen LogP contribution in [0.4, 0.5) is 0 Å². The number of carbonyl (C=O) groups is 2. The van der Waals surface area contributed by atoms with E-state index in [1.807, 2.05) is 36.4 Å². The number of nitrogens with two attached hydrogens (primary N) is 1. The Morgan fingerprint density at radius 3 is 1.05 bits per heavy atom. The lowest BCUT2D eigenvalue weighted by atomic mass is 10.1. The SMILES string of the molecule is NN(C=O)C=O.c1ccc2ccccc2c1.c1ccccc1. The lowest BCUT2D eigenvalue weighted by molar-refractivity contribution is -0.129. The molecule has 0 aliphatic carbocycles. The average Bonchev–Trinajstić information content (AvgIpc) is 2.63. The number of imide groups is 1. The summed E-state index contributed by atoms with van der Waals surface area (Å²) in [5.74, 6) is 4.57. The third kappa shape index (κ3) is 6.98. The van der Waals surface area contributed by atoms with E-state index in [-0.39, 0.29) is 12.8 Å².